The van der Waals surface area contributed by atoms with E-state index in [0.717, 1.165) is 15.6 Å². The Balaban J connectivity index is 2.12. The highest BCUT2D eigenvalue weighted by Crippen LogP contribution is 2.25. The van der Waals surface area contributed by atoms with Gasteiger partial charge in [-0.25, -0.2) is 9.79 Å². The molecule has 23 heavy (non-hydrogen) atoms. The number of hydrogen-bond donors (Lipinski definition) is 0. The molecular formula is C18H19NO2S2. The first-order chi connectivity index (χ1) is 11.1. The van der Waals surface area contributed by atoms with Gasteiger partial charge < -0.3 is 4.74 Å². The van der Waals surface area contributed by atoms with Crippen molar-refractivity contribution in [2.45, 2.75) is 12.7 Å². The second kappa shape index (κ2) is 8.79. The average molecular weight is 345 g/mol. The van der Waals surface area contributed by atoms with E-state index < -0.39 is 0 Å². The highest BCUT2D eigenvalue weighted by atomic mass is 32.2. The maximum Gasteiger partial charge on any atom is 0.338 e. The van der Waals surface area contributed by atoms with Crippen molar-refractivity contribution in [3.05, 3.63) is 65.2 Å². The van der Waals surface area contributed by atoms with Crippen LogP contribution in [-0.2, 0) is 10.5 Å². The molecule has 0 radical (unpaired) electrons. The molecule has 0 aliphatic heterocycles. The van der Waals surface area contributed by atoms with Gasteiger partial charge in [0.2, 0.25) is 0 Å². The van der Waals surface area contributed by atoms with Crippen LogP contribution >= 0.6 is 23.5 Å². The van der Waals surface area contributed by atoms with Crippen LogP contribution in [0.4, 0.5) is 5.69 Å². The largest absolute Gasteiger partial charge is 0.465 e. The molecule has 2 rings (SSSR count). The minimum absolute atomic E-state index is 0.303. The molecule has 0 heterocycles. The lowest BCUT2D eigenvalue weighted by Crippen LogP contribution is -2.05. The van der Waals surface area contributed by atoms with E-state index in [1.165, 1.54) is 12.7 Å². The summed E-state index contributed by atoms with van der Waals surface area (Å²) in [6.07, 6.45) is 2.01. The van der Waals surface area contributed by atoms with E-state index >= 15 is 0 Å². The van der Waals surface area contributed by atoms with Crippen LogP contribution in [0.1, 0.15) is 21.5 Å². The third kappa shape index (κ3) is 5.15. The Morgan fingerprint density at radius 3 is 2.48 bits per heavy atom. The van der Waals surface area contributed by atoms with Crippen LogP contribution in [-0.4, -0.2) is 23.7 Å². The Kier molecular flexibility index (Phi) is 6.74. The first-order valence-corrected chi connectivity index (χ1v) is 9.33. The fraction of sp³-hybridized carbons (Fsp3) is 0.222. The van der Waals surface area contributed by atoms with Gasteiger partial charge in [0.05, 0.1) is 18.4 Å². The van der Waals surface area contributed by atoms with E-state index in [0.29, 0.717) is 11.3 Å². The Labute approximate surface area is 145 Å². The summed E-state index contributed by atoms with van der Waals surface area (Å²) >= 11 is 3.23. The molecule has 0 amide bonds. The summed E-state index contributed by atoms with van der Waals surface area (Å²) in [7, 11) is 1.40. The number of carbonyl (C=O) groups is 1. The third-order valence-electron chi connectivity index (χ3n) is 3.20. The standard InChI is InChI=1S/C18H19NO2S2/c1-13-8-10-15(11-9-13)19-18(22-3)23-12-14-6-4-5-7-16(14)17(20)21-2/h4-11H,12H2,1-3H3. The van der Waals surface area contributed by atoms with Crippen LogP contribution in [0, 0.1) is 6.92 Å². The number of thioether (sulfide) groups is 2. The number of ether oxygens (including phenoxy) is 1. The van der Waals surface area contributed by atoms with Crippen molar-refractivity contribution in [1.29, 1.82) is 0 Å². The molecule has 0 aliphatic rings. The van der Waals surface area contributed by atoms with Gasteiger partial charge in [-0.05, 0) is 36.9 Å². The number of benzene rings is 2. The molecule has 120 valence electrons. The second-order valence-electron chi connectivity index (χ2n) is 4.85. The zero-order valence-corrected chi connectivity index (χ0v) is 15.0. The molecule has 2 aromatic carbocycles. The van der Waals surface area contributed by atoms with Crippen LogP contribution < -0.4 is 0 Å². The zero-order chi connectivity index (χ0) is 16.7. The zero-order valence-electron chi connectivity index (χ0n) is 13.4. The van der Waals surface area contributed by atoms with Crippen molar-refractivity contribution in [1.82, 2.24) is 0 Å². The molecule has 0 fully saturated rings. The third-order valence-corrected chi connectivity index (χ3v) is 5.29. The normalized spacial score (nSPS) is 11.3. The number of esters is 1. The van der Waals surface area contributed by atoms with Gasteiger partial charge in [0.15, 0.2) is 0 Å². The molecule has 0 atom stereocenters. The van der Waals surface area contributed by atoms with Crippen molar-refractivity contribution in [3.63, 3.8) is 0 Å². The fourth-order valence-electron chi connectivity index (χ4n) is 1.96. The number of aliphatic imine (C=N–C) groups is 1. The fourth-order valence-corrected chi connectivity index (χ4v) is 3.50. The summed E-state index contributed by atoms with van der Waals surface area (Å²) in [4.78, 5) is 16.5. The summed E-state index contributed by atoms with van der Waals surface area (Å²) in [5.41, 5.74) is 3.72. The molecule has 0 unspecified atom stereocenters. The maximum absolute atomic E-state index is 11.8. The van der Waals surface area contributed by atoms with Gasteiger partial charge in [0.25, 0.3) is 0 Å². The van der Waals surface area contributed by atoms with Crippen LogP contribution in [0.15, 0.2) is 53.5 Å². The van der Waals surface area contributed by atoms with Gasteiger partial charge in [-0.15, -0.1) is 11.8 Å². The average Bonchev–Trinajstić information content (AvgIpc) is 2.59. The van der Waals surface area contributed by atoms with E-state index in [1.54, 1.807) is 29.6 Å². The minimum Gasteiger partial charge on any atom is -0.465 e. The van der Waals surface area contributed by atoms with E-state index in [-0.39, 0.29) is 5.97 Å². The van der Waals surface area contributed by atoms with Crippen LogP contribution in [0.25, 0.3) is 0 Å². The Morgan fingerprint density at radius 1 is 1.13 bits per heavy atom. The maximum atomic E-state index is 11.8. The minimum atomic E-state index is -0.303. The molecule has 0 N–H and O–H groups in total. The topological polar surface area (TPSA) is 38.7 Å². The smallest absolute Gasteiger partial charge is 0.338 e. The molecule has 3 nitrogen and oxygen atoms in total. The van der Waals surface area contributed by atoms with Crippen molar-refractivity contribution in [2.24, 2.45) is 4.99 Å². The molecule has 0 aliphatic carbocycles. The summed E-state index contributed by atoms with van der Waals surface area (Å²) in [6.45, 7) is 2.06. The van der Waals surface area contributed by atoms with Crippen molar-refractivity contribution >= 4 is 39.6 Å². The highest BCUT2D eigenvalue weighted by molar-refractivity contribution is 8.38. The Bertz CT molecular complexity index is 696. The van der Waals surface area contributed by atoms with Crippen molar-refractivity contribution in [2.75, 3.05) is 13.4 Å². The predicted molar refractivity (Wildman–Crippen MR) is 101 cm³/mol. The van der Waals surface area contributed by atoms with Gasteiger partial charge >= 0.3 is 5.97 Å². The summed E-state index contributed by atoms with van der Waals surface area (Å²) in [5.74, 6) is 0.374. The van der Waals surface area contributed by atoms with Gasteiger partial charge in [-0.2, -0.15) is 0 Å². The number of methoxy groups -OCH3 is 1. The molecule has 0 saturated heterocycles. The number of aryl methyl sites for hydroxylation is 1. The van der Waals surface area contributed by atoms with E-state index in [2.05, 4.69) is 11.9 Å². The Morgan fingerprint density at radius 2 is 1.83 bits per heavy atom. The lowest BCUT2D eigenvalue weighted by Gasteiger charge is -2.08. The number of nitrogens with zero attached hydrogens (tertiary/aromatic N) is 1. The molecule has 0 bridgehead atoms. The van der Waals surface area contributed by atoms with E-state index in [9.17, 15) is 4.79 Å². The number of rotatable bonds is 4. The molecule has 5 heteroatoms. The van der Waals surface area contributed by atoms with Gasteiger partial charge in [-0.3, -0.25) is 0 Å². The molecule has 0 saturated carbocycles. The van der Waals surface area contributed by atoms with Crippen molar-refractivity contribution < 1.29 is 9.53 Å². The highest BCUT2D eigenvalue weighted by Gasteiger charge is 2.11. The molecule has 0 aromatic heterocycles. The Hall–Kier alpha value is -1.72. The lowest BCUT2D eigenvalue weighted by molar-refractivity contribution is 0.0600. The number of hydrogen-bond acceptors (Lipinski definition) is 5. The SMILES string of the molecule is COC(=O)c1ccccc1CSC(=Nc1ccc(C)cc1)SC. The summed E-state index contributed by atoms with van der Waals surface area (Å²) in [6, 6.07) is 15.6. The van der Waals surface area contributed by atoms with E-state index in [4.69, 9.17) is 4.74 Å². The van der Waals surface area contributed by atoms with Crippen LogP contribution in [0.2, 0.25) is 0 Å². The van der Waals surface area contributed by atoms with Crippen LogP contribution in [0.5, 0.6) is 0 Å². The number of carbonyl (C=O) groups excluding carboxylic acids is 1. The van der Waals surface area contributed by atoms with Gasteiger partial charge in [0.1, 0.15) is 4.38 Å². The summed E-state index contributed by atoms with van der Waals surface area (Å²) < 4.78 is 5.80. The first kappa shape index (κ1) is 17.6. The van der Waals surface area contributed by atoms with Crippen LogP contribution in [0.3, 0.4) is 0 Å². The van der Waals surface area contributed by atoms with E-state index in [1.807, 2.05) is 48.7 Å². The molecular weight excluding hydrogens is 326 g/mol. The molecule has 0 spiro atoms. The first-order valence-electron chi connectivity index (χ1n) is 7.12. The van der Waals surface area contributed by atoms with Gasteiger partial charge in [0, 0.05) is 5.75 Å². The summed E-state index contributed by atoms with van der Waals surface area (Å²) in [5, 5.41) is 0. The van der Waals surface area contributed by atoms with Crippen molar-refractivity contribution in [3.8, 4) is 0 Å². The monoisotopic (exact) mass is 345 g/mol. The second-order valence-corrected chi connectivity index (χ2v) is 6.87. The lowest BCUT2D eigenvalue weighted by atomic mass is 10.1. The quantitative estimate of drug-likeness (QED) is 0.441. The molecule has 2 aromatic rings. The van der Waals surface area contributed by atoms with Gasteiger partial charge in [-0.1, -0.05) is 47.7 Å². The predicted octanol–water partition coefficient (Wildman–Crippen LogP) is 5.07.